The van der Waals surface area contributed by atoms with Crippen molar-refractivity contribution in [2.24, 2.45) is 0 Å². The van der Waals surface area contributed by atoms with Crippen molar-refractivity contribution >= 4 is 21.8 Å². The summed E-state index contributed by atoms with van der Waals surface area (Å²) in [6.07, 6.45) is 0. The van der Waals surface area contributed by atoms with Gasteiger partial charge in [-0.25, -0.2) is 4.39 Å². The number of rotatable bonds is 3. The van der Waals surface area contributed by atoms with Crippen LogP contribution in [-0.2, 0) is 6.54 Å². The zero-order valence-electron chi connectivity index (χ0n) is 10.4. The third-order valence-corrected chi connectivity index (χ3v) is 3.20. The lowest BCUT2D eigenvalue weighted by atomic mass is 10.1. The monoisotopic (exact) mass is 321 g/mol. The molecule has 0 unspecified atom stereocenters. The van der Waals surface area contributed by atoms with E-state index in [0.717, 1.165) is 15.6 Å². The van der Waals surface area contributed by atoms with Gasteiger partial charge in [-0.3, -0.25) is 4.79 Å². The predicted octanol–water partition coefficient (Wildman–Crippen LogP) is 3.83. The lowest BCUT2D eigenvalue weighted by Gasteiger charge is -2.06. The Bertz CT molecular complexity index is 575. The van der Waals surface area contributed by atoms with E-state index in [1.165, 1.54) is 12.1 Å². The summed E-state index contributed by atoms with van der Waals surface area (Å²) in [7, 11) is 0. The van der Waals surface area contributed by atoms with Crippen molar-refractivity contribution < 1.29 is 9.18 Å². The van der Waals surface area contributed by atoms with E-state index in [4.69, 9.17) is 0 Å². The summed E-state index contributed by atoms with van der Waals surface area (Å²) in [5, 5.41) is 2.77. The molecule has 2 nitrogen and oxygen atoms in total. The zero-order valence-corrected chi connectivity index (χ0v) is 12.0. The summed E-state index contributed by atoms with van der Waals surface area (Å²) >= 11 is 3.35. The zero-order chi connectivity index (χ0) is 13.8. The van der Waals surface area contributed by atoms with Crippen LogP contribution in [0.1, 0.15) is 21.5 Å². The van der Waals surface area contributed by atoms with Gasteiger partial charge in [0.15, 0.2) is 0 Å². The second-order valence-electron chi connectivity index (χ2n) is 4.33. The first-order chi connectivity index (χ1) is 9.04. The van der Waals surface area contributed by atoms with Crippen LogP contribution in [0, 0.1) is 12.7 Å². The number of hydrogen-bond acceptors (Lipinski definition) is 1. The van der Waals surface area contributed by atoms with E-state index in [1.54, 1.807) is 13.0 Å². The van der Waals surface area contributed by atoms with Crippen LogP contribution < -0.4 is 5.32 Å². The maximum Gasteiger partial charge on any atom is 0.251 e. The van der Waals surface area contributed by atoms with Gasteiger partial charge in [0.1, 0.15) is 5.82 Å². The maximum atomic E-state index is 13.2. The van der Waals surface area contributed by atoms with Crippen LogP contribution in [0.4, 0.5) is 4.39 Å². The lowest BCUT2D eigenvalue weighted by Crippen LogP contribution is -2.23. The smallest absolute Gasteiger partial charge is 0.251 e. The van der Waals surface area contributed by atoms with Gasteiger partial charge in [0, 0.05) is 16.6 Å². The summed E-state index contributed by atoms with van der Waals surface area (Å²) in [6, 6.07) is 12.0. The number of carbonyl (C=O) groups is 1. The van der Waals surface area contributed by atoms with E-state index < -0.39 is 5.82 Å². The molecule has 0 bridgehead atoms. The second-order valence-corrected chi connectivity index (χ2v) is 5.24. The number of halogens is 2. The van der Waals surface area contributed by atoms with Gasteiger partial charge in [-0.05, 0) is 48.4 Å². The molecule has 2 rings (SSSR count). The Kier molecular flexibility index (Phi) is 4.32. The van der Waals surface area contributed by atoms with Gasteiger partial charge in [-0.2, -0.15) is 0 Å². The minimum Gasteiger partial charge on any atom is -0.348 e. The number of amides is 1. The molecule has 0 heterocycles. The first-order valence-corrected chi connectivity index (χ1v) is 6.64. The average molecular weight is 322 g/mol. The van der Waals surface area contributed by atoms with Crippen molar-refractivity contribution in [1.29, 1.82) is 0 Å². The molecule has 0 atom stereocenters. The maximum absolute atomic E-state index is 13.2. The third kappa shape index (κ3) is 3.89. The average Bonchev–Trinajstić information content (AvgIpc) is 2.36. The Morgan fingerprint density at radius 2 is 1.89 bits per heavy atom. The van der Waals surface area contributed by atoms with E-state index in [0.29, 0.717) is 12.1 Å². The topological polar surface area (TPSA) is 29.1 Å². The van der Waals surface area contributed by atoms with E-state index in [9.17, 15) is 9.18 Å². The highest BCUT2D eigenvalue weighted by Gasteiger charge is 2.07. The molecule has 0 aromatic heterocycles. The summed E-state index contributed by atoms with van der Waals surface area (Å²) in [5.74, 6) is -0.667. The highest BCUT2D eigenvalue weighted by atomic mass is 79.9. The molecule has 2 aromatic carbocycles. The molecule has 19 heavy (non-hydrogen) atoms. The molecule has 4 heteroatoms. The molecule has 98 valence electrons. The van der Waals surface area contributed by atoms with Crippen molar-refractivity contribution in [3.8, 4) is 0 Å². The first kappa shape index (κ1) is 13.7. The molecular weight excluding hydrogens is 309 g/mol. The van der Waals surface area contributed by atoms with Gasteiger partial charge < -0.3 is 5.32 Å². The van der Waals surface area contributed by atoms with E-state index in [2.05, 4.69) is 21.2 Å². The Labute approximate surface area is 119 Å². The van der Waals surface area contributed by atoms with Crippen molar-refractivity contribution in [1.82, 2.24) is 5.32 Å². The fraction of sp³-hybridized carbons (Fsp3) is 0.133. The number of aryl methyl sites for hydroxylation is 1. The van der Waals surface area contributed by atoms with Gasteiger partial charge >= 0.3 is 0 Å². The molecule has 0 saturated heterocycles. The highest BCUT2D eigenvalue weighted by Crippen LogP contribution is 2.11. The van der Waals surface area contributed by atoms with Gasteiger partial charge in [0.2, 0.25) is 0 Å². The highest BCUT2D eigenvalue weighted by molar-refractivity contribution is 9.10. The van der Waals surface area contributed by atoms with E-state index >= 15 is 0 Å². The van der Waals surface area contributed by atoms with Crippen LogP contribution >= 0.6 is 15.9 Å². The van der Waals surface area contributed by atoms with Crippen LogP contribution in [-0.4, -0.2) is 5.91 Å². The van der Waals surface area contributed by atoms with Crippen LogP contribution in [0.5, 0.6) is 0 Å². The second kappa shape index (κ2) is 5.97. The fourth-order valence-corrected chi connectivity index (χ4v) is 2.02. The van der Waals surface area contributed by atoms with Crippen molar-refractivity contribution in [3.63, 3.8) is 0 Å². The minimum absolute atomic E-state index is 0.273. The van der Waals surface area contributed by atoms with Crippen LogP contribution in [0.2, 0.25) is 0 Å². The molecule has 1 amide bonds. The summed E-state index contributed by atoms with van der Waals surface area (Å²) < 4.78 is 14.2. The molecule has 0 fully saturated rings. The molecule has 0 aliphatic carbocycles. The molecule has 1 N–H and O–H groups in total. The largest absolute Gasteiger partial charge is 0.348 e. The normalized spacial score (nSPS) is 10.3. The molecule has 0 radical (unpaired) electrons. The van der Waals surface area contributed by atoms with Crippen molar-refractivity contribution in [2.45, 2.75) is 13.5 Å². The molecule has 0 spiro atoms. The van der Waals surface area contributed by atoms with Gasteiger partial charge in [-0.1, -0.05) is 28.1 Å². The standard InChI is InChI=1S/C15H13BrFNO/c1-10-6-12(8-14(17)7-10)15(19)18-9-11-2-4-13(16)5-3-11/h2-8H,9H2,1H3,(H,18,19). The number of benzene rings is 2. The molecule has 0 aliphatic heterocycles. The number of nitrogens with one attached hydrogen (secondary N) is 1. The first-order valence-electron chi connectivity index (χ1n) is 5.84. The van der Waals surface area contributed by atoms with Gasteiger partial charge in [0.05, 0.1) is 0 Å². The SMILES string of the molecule is Cc1cc(F)cc(C(=O)NCc2ccc(Br)cc2)c1. The summed E-state index contributed by atoms with van der Waals surface area (Å²) in [6.45, 7) is 2.18. The summed E-state index contributed by atoms with van der Waals surface area (Å²) in [5.41, 5.74) is 2.06. The molecule has 0 saturated carbocycles. The van der Waals surface area contributed by atoms with E-state index in [1.807, 2.05) is 24.3 Å². The fourth-order valence-electron chi connectivity index (χ4n) is 1.75. The Balaban J connectivity index is 2.03. The Morgan fingerprint density at radius 1 is 1.21 bits per heavy atom. The van der Waals surface area contributed by atoms with Gasteiger partial charge in [0.25, 0.3) is 5.91 Å². The molecule has 0 aliphatic rings. The molecular formula is C15H13BrFNO. The molecule has 2 aromatic rings. The predicted molar refractivity (Wildman–Crippen MR) is 76.4 cm³/mol. The van der Waals surface area contributed by atoms with E-state index in [-0.39, 0.29) is 5.91 Å². The Morgan fingerprint density at radius 3 is 2.53 bits per heavy atom. The van der Waals surface area contributed by atoms with Crippen LogP contribution in [0.3, 0.4) is 0 Å². The lowest BCUT2D eigenvalue weighted by molar-refractivity contribution is 0.0950. The van der Waals surface area contributed by atoms with Gasteiger partial charge in [-0.15, -0.1) is 0 Å². The van der Waals surface area contributed by atoms with Crippen LogP contribution in [0.25, 0.3) is 0 Å². The number of carbonyl (C=O) groups excluding carboxylic acids is 1. The third-order valence-electron chi connectivity index (χ3n) is 2.67. The van der Waals surface area contributed by atoms with Crippen LogP contribution in [0.15, 0.2) is 46.9 Å². The minimum atomic E-state index is -0.395. The quantitative estimate of drug-likeness (QED) is 0.914. The number of hydrogen-bond donors (Lipinski definition) is 1. The van der Waals surface area contributed by atoms with Crippen molar-refractivity contribution in [2.75, 3.05) is 0 Å². The van der Waals surface area contributed by atoms with Crippen molar-refractivity contribution in [3.05, 3.63) is 69.4 Å². The summed E-state index contributed by atoms with van der Waals surface area (Å²) in [4.78, 5) is 11.9. The Hall–Kier alpha value is -1.68.